The number of hydrogen-bond donors (Lipinski definition) is 0. The zero-order valence-corrected chi connectivity index (χ0v) is 14.4. The van der Waals surface area contributed by atoms with Crippen LogP contribution in [-0.4, -0.2) is 23.4 Å². The third-order valence-corrected chi connectivity index (χ3v) is 4.56. The lowest BCUT2D eigenvalue weighted by Gasteiger charge is -2.31. The van der Waals surface area contributed by atoms with Crippen LogP contribution in [0.1, 0.15) is 70.0 Å². The van der Waals surface area contributed by atoms with Gasteiger partial charge in [-0.05, 0) is 12.0 Å². The summed E-state index contributed by atoms with van der Waals surface area (Å²) in [6.45, 7) is 3.44. The highest BCUT2D eigenvalue weighted by molar-refractivity contribution is 5.21. The van der Waals surface area contributed by atoms with E-state index >= 15 is 0 Å². The SMILES string of the molecule is CCCCCCCCCCN1C=CN(C)C1c1ccccc1. The third-order valence-electron chi connectivity index (χ3n) is 4.56. The van der Waals surface area contributed by atoms with Gasteiger partial charge in [0.1, 0.15) is 6.17 Å². The Morgan fingerprint density at radius 1 is 0.818 bits per heavy atom. The summed E-state index contributed by atoms with van der Waals surface area (Å²) in [6.07, 6.45) is 15.9. The van der Waals surface area contributed by atoms with Gasteiger partial charge < -0.3 is 9.80 Å². The maximum atomic E-state index is 2.48. The van der Waals surface area contributed by atoms with Gasteiger partial charge in [-0.15, -0.1) is 0 Å². The maximum absolute atomic E-state index is 2.48. The first-order valence-electron chi connectivity index (χ1n) is 9.04. The molecule has 0 saturated carbocycles. The average Bonchev–Trinajstić information content (AvgIpc) is 2.91. The summed E-state index contributed by atoms with van der Waals surface area (Å²) in [5.41, 5.74) is 1.38. The highest BCUT2D eigenvalue weighted by atomic mass is 15.4. The van der Waals surface area contributed by atoms with Crippen LogP contribution in [-0.2, 0) is 0 Å². The fraction of sp³-hybridized carbons (Fsp3) is 0.600. The van der Waals surface area contributed by atoms with Crippen LogP contribution in [0.4, 0.5) is 0 Å². The average molecular weight is 300 g/mol. The molecule has 1 aromatic carbocycles. The van der Waals surface area contributed by atoms with Crippen LogP contribution in [0, 0.1) is 0 Å². The molecule has 0 aromatic heterocycles. The van der Waals surface area contributed by atoms with Gasteiger partial charge in [-0.2, -0.15) is 0 Å². The largest absolute Gasteiger partial charge is 0.355 e. The molecule has 0 saturated heterocycles. The topological polar surface area (TPSA) is 6.48 Å². The molecule has 1 aliphatic heterocycles. The van der Waals surface area contributed by atoms with E-state index in [1.165, 1.54) is 56.9 Å². The van der Waals surface area contributed by atoms with Gasteiger partial charge in [0, 0.05) is 26.0 Å². The quantitative estimate of drug-likeness (QED) is 0.523. The predicted molar refractivity (Wildman–Crippen MR) is 95.4 cm³/mol. The fourth-order valence-electron chi connectivity index (χ4n) is 3.26. The number of unbranched alkanes of at least 4 members (excludes halogenated alkanes) is 7. The number of rotatable bonds is 10. The minimum absolute atomic E-state index is 0.380. The number of nitrogens with zero attached hydrogens (tertiary/aromatic N) is 2. The second-order valence-corrected chi connectivity index (χ2v) is 6.46. The van der Waals surface area contributed by atoms with Crippen molar-refractivity contribution in [2.75, 3.05) is 13.6 Å². The molecule has 122 valence electrons. The van der Waals surface area contributed by atoms with Crippen LogP contribution in [0.2, 0.25) is 0 Å². The Kier molecular flexibility index (Phi) is 7.35. The number of hydrogen-bond acceptors (Lipinski definition) is 2. The van der Waals surface area contributed by atoms with Gasteiger partial charge in [-0.3, -0.25) is 0 Å². The van der Waals surface area contributed by atoms with E-state index in [1.807, 2.05) is 0 Å². The smallest absolute Gasteiger partial charge is 0.127 e. The number of benzene rings is 1. The zero-order valence-electron chi connectivity index (χ0n) is 14.4. The van der Waals surface area contributed by atoms with Crippen LogP contribution in [0.3, 0.4) is 0 Å². The van der Waals surface area contributed by atoms with Crippen LogP contribution in [0.5, 0.6) is 0 Å². The van der Waals surface area contributed by atoms with Crippen LogP contribution in [0.25, 0.3) is 0 Å². The zero-order chi connectivity index (χ0) is 15.6. The molecule has 2 nitrogen and oxygen atoms in total. The minimum Gasteiger partial charge on any atom is -0.355 e. The Balaban J connectivity index is 1.67. The maximum Gasteiger partial charge on any atom is 0.127 e. The van der Waals surface area contributed by atoms with E-state index in [0.717, 1.165) is 6.54 Å². The van der Waals surface area contributed by atoms with Crippen molar-refractivity contribution in [3.8, 4) is 0 Å². The normalized spacial score (nSPS) is 17.5. The van der Waals surface area contributed by atoms with E-state index in [9.17, 15) is 0 Å². The Morgan fingerprint density at radius 3 is 2.14 bits per heavy atom. The molecule has 0 fully saturated rings. The summed E-state index contributed by atoms with van der Waals surface area (Å²) in [5, 5.41) is 0. The van der Waals surface area contributed by atoms with Crippen molar-refractivity contribution in [2.24, 2.45) is 0 Å². The van der Waals surface area contributed by atoms with Gasteiger partial charge in [-0.1, -0.05) is 82.2 Å². The molecule has 1 atom stereocenters. The molecule has 0 amide bonds. The van der Waals surface area contributed by atoms with Gasteiger partial charge in [0.2, 0.25) is 0 Å². The summed E-state index contributed by atoms with van der Waals surface area (Å²) >= 11 is 0. The molecule has 1 unspecified atom stereocenters. The van der Waals surface area contributed by atoms with E-state index in [2.05, 4.69) is 66.5 Å². The lowest BCUT2D eigenvalue weighted by atomic mass is 10.1. The predicted octanol–water partition coefficient (Wildman–Crippen LogP) is 5.54. The van der Waals surface area contributed by atoms with E-state index in [0.29, 0.717) is 6.17 Å². The molecule has 0 N–H and O–H groups in total. The summed E-state index contributed by atoms with van der Waals surface area (Å²) < 4.78 is 0. The first kappa shape index (κ1) is 16.9. The monoisotopic (exact) mass is 300 g/mol. The van der Waals surface area contributed by atoms with Gasteiger partial charge in [0.05, 0.1) is 0 Å². The molecule has 0 bridgehead atoms. The van der Waals surface area contributed by atoms with Crippen LogP contribution >= 0.6 is 0 Å². The van der Waals surface area contributed by atoms with Gasteiger partial charge in [0.25, 0.3) is 0 Å². The first-order valence-corrected chi connectivity index (χ1v) is 9.04. The molecule has 1 aliphatic rings. The van der Waals surface area contributed by atoms with Crippen molar-refractivity contribution >= 4 is 0 Å². The third kappa shape index (κ3) is 5.08. The Hall–Kier alpha value is -1.44. The standard InChI is InChI=1S/C20H32N2/c1-3-4-5-6-7-8-9-13-16-22-18-17-21(2)20(22)19-14-11-10-12-15-19/h10-12,14-15,17-18,20H,3-9,13,16H2,1-2H3. The summed E-state index contributed by atoms with van der Waals surface area (Å²) in [6, 6.07) is 10.8. The second kappa shape index (κ2) is 9.55. The lowest BCUT2D eigenvalue weighted by molar-refractivity contribution is 0.176. The van der Waals surface area contributed by atoms with E-state index < -0.39 is 0 Å². The highest BCUT2D eigenvalue weighted by Crippen LogP contribution is 2.29. The Bertz CT molecular complexity index is 427. The van der Waals surface area contributed by atoms with Crippen molar-refractivity contribution in [1.82, 2.24) is 9.80 Å². The summed E-state index contributed by atoms with van der Waals surface area (Å²) in [4.78, 5) is 4.78. The Labute approximate surface area is 136 Å². The summed E-state index contributed by atoms with van der Waals surface area (Å²) in [5.74, 6) is 0. The molecule has 2 rings (SSSR count). The molecular formula is C20H32N2. The lowest BCUT2D eigenvalue weighted by Crippen LogP contribution is -2.29. The molecule has 22 heavy (non-hydrogen) atoms. The van der Waals surface area contributed by atoms with Crippen molar-refractivity contribution in [3.63, 3.8) is 0 Å². The van der Waals surface area contributed by atoms with Crippen LogP contribution < -0.4 is 0 Å². The van der Waals surface area contributed by atoms with Crippen LogP contribution in [0.15, 0.2) is 42.7 Å². The highest BCUT2D eigenvalue weighted by Gasteiger charge is 2.24. The van der Waals surface area contributed by atoms with Gasteiger partial charge >= 0.3 is 0 Å². The molecular weight excluding hydrogens is 268 g/mol. The molecule has 0 radical (unpaired) electrons. The molecule has 1 aromatic rings. The fourth-order valence-corrected chi connectivity index (χ4v) is 3.26. The summed E-state index contributed by atoms with van der Waals surface area (Å²) in [7, 11) is 2.17. The second-order valence-electron chi connectivity index (χ2n) is 6.46. The molecule has 0 aliphatic carbocycles. The van der Waals surface area contributed by atoms with E-state index in [-0.39, 0.29) is 0 Å². The molecule has 2 heteroatoms. The van der Waals surface area contributed by atoms with Gasteiger partial charge in [0.15, 0.2) is 0 Å². The van der Waals surface area contributed by atoms with Crippen molar-refractivity contribution in [1.29, 1.82) is 0 Å². The molecule has 1 heterocycles. The van der Waals surface area contributed by atoms with E-state index in [4.69, 9.17) is 0 Å². The van der Waals surface area contributed by atoms with Crippen molar-refractivity contribution in [2.45, 2.75) is 64.5 Å². The van der Waals surface area contributed by atoms with Crippen molar-refractivity contribution < 1.29 is 0 Å². The molecule has 0 spiro atoms. The van der Waals surface area contributed by atoms with Crippen molar-refractivity contribution in [3.05, 3.63) is 48.3 Å². The van der Waals surface area contributed by atoms with E-state index in [1.54, 1.807) is 0 Å². The minimum atomic E-state index is 0.380. The van der Waals surface area contributed by atoms with Gasteiger partial charge in [-0.25, -0.2) is 0 Å². The Morgan fingerprint density at radius 2 is 1.45 bits per heavy atom. The first-order chi connectivity index (χ1) is 10.8.